The number of para-hydroxylation sites is 1. The second kappa shape index (κ2) is 5.18. The van der Waals surface area contributed by atoms with E-state index in [0.29, 0.717) is 12.3 Å². The monoisotopic (exact) mass is 225 g/mol. The van der Waals surface area contributed by atoms with Crippen molar-refractivity contribution in [3.8, 4) is 11.5 Å². The molecule has 0 amide bonds. The van der Waals surface area contributed by atoms with Crippen molar-refractivity contribution in [1.82, 2.24) is 5.32 Å². The van der Waals surface area contributed by atoms with Crippen LogP contribution < -0.4 is 10.1 Å². The third-order valence-electron chi connectivity index (χ3n) is 2.46. The molecule has 1 aromatic carbocycles. The zero-order valence-corrected chi connectivity index (χ0v) is 9.95. The first kappa shape index (κ1) is 12.8. The van der Waals surface area contributed by atoms with Crippen molar-refractivity contribution in [2.75, 3.05) is 13.7 Å². The molecule has 3 N–H and O–H groups in total. The van der Waals surface area contributed by atoms with Crippen molar-refractivity contribution in [2.24, 2.45) is 0 Å². The summed E-state index contributed by atoms with van der Waals surface area (Å²) in [6.07, 6.45) is 0. The lowest BCUT2D eigenvalue weighted by atomic mass is 10.1. The number of aromatic hydroxyl groups is 1. The van der Waals surface area contributed by atoms with Crippen molar-refractivity contribution < 1.29 is 14.9 Å². The summed E-state index contributed by atoms with van der Waals surface area (Å²) < 4.78 is 5.02. The number of hydrogen-bond acceptors (Lipinski definition) is 4. The molecule has 0 heterocycles. The van der Waals surface area contributed by atoms with E-state index in [-0.39, 0.29) is 17.9 Å². The van der Waals surface area contributed by atoms with Gasteiger partial charge in [-0.3, -0.25) is 0 Å². The van der Waals surface area contributed by atoms with Crippen molar-refractivity contribution >= 4 is 0 Å². The minimum absolute atomic E-state index is 0.0394. The molecule has 0 saturated heterocycles. The van der Waals surface area contributed by atoms with Gasteiger partial charge in [-0.05, 0) is 19.9 Å². The van der Waals surface area contributed by atoms with Gasteiger partial charge >= 0.3 is 0 Å². The van der Waals surface area contributed by atoms with Gasteiger partial charge in [0.25, 0.3) is 0 Å². The standard InChI is InChI=1S/C12H19NO3/c1-12(2,8-14)13-7-9-5-4-6-10(16-3)11(9)15/h4-6,13-15H,7-8H2,1-3H3. The quantitative estimate of drug-likeness (QED) is 0.706. The highest BCUT2D eigenvalue weighted by Gasteiger charge is 2.16. The van der Waals surface area contributed by atoms with Crippen LogP contribution in [0.2, 0.25) is 0 Å². The molecular formula is C12H19NO3. The maximum absolute atomic E-state index is 9.83. The molecular weight excluding hydrogens is 206 g/mol. The molecule has 0 bridgehead atoms. The molecule has 0 spiro atoms. The minimum Gasteiger partial charge on any atom is -0.504 e. The van der Waals surface area contributed by atoms with Crippen LogP contribution in [0, 0.1) is 0 Å². The summed E-state index contributed by atoms with van der Waals surface area (Å²) >= 11 is 0. The summed E-state index contributed by atoms with van der Waals surface area (Å²) in [5, 5.41) is 22.1. The van der Waals surface area contributed by atoms with Crippen LogP contribution >= 0.6 is 0 Å². The van der Waals surface area contributed by atoms with Crippen LogP contribution in [-0.4, -0.2) is 29.5 Å². The highest BCUT2D eigenvalue weighted by atomic mass is 16.5. The number of ether oxygens (including phenoxy) is 1. The predicted molar refractivity (Wildman–Crippen MR) is 62.7 cm³/mol. The van der Waals surface area contributed by atoms with Crippen LogP contribution in [0.15, 0.2) is 18.2 Å². The summed E-state index contributed by atoms with van der Waals surface area (Å²) in [4.78, 5) is 0. The van der Waals surface area contributed by atoms with E-state index in [1.807, 2.05) is 26.0 Å². The van der Waals surface area contributed by atoms with Gasteiger partial charge in [0.05, 0.1) is 13.7 Å². The van der Waals surface area contributed by atoms with Gasteiger partial charge in [0, 0.05) is 17.6 Å². The van der Waals surface area contributed by atoms with Crippen LogP contribution in [-0.2, 0) is 6.54 Å². The van der Waals surface area contributed by atoms with E-state index < -0.39 is 0 Å². The van der Waals surface area contributed by atoms with Crippen molar-refractivity contribution in [2.45, 2.75) is 25.9 Å². The SMILES string of the molecule is COc1cccc(CNC(C)(C)CO)c1O. The molecule has 4 heteroatoms. The number of phenolic OH excluding ortho intramolecular Hbond substituents is 1. The van der Waals surface area contributed by atoms with Gasteiger partial charge in [-0.2, -0.15) is 0 Å². The van der Waals surface area contributed by atoms with Gasteiger partial charge in [0.15, 0.2) is 11.5 Å². The fourth-order valence-corrected chi connectivity index (χ4v) is 1.27. The average Bonchev–Trinajstić information content (AvgIpc) is 2.28. The molecule has 16 heavy (non-hydrogen) atoms. The molecule has 1 aromatic rings. The molecule has 90 valence electrons. The molecule has 0 aliphatic heterocycles. The van der Waals surface area contributed by atoms with Gasteiger partial charge < -0.3 is 20.3 Å². The maximum Gasteiger partial charge on any atom is 0.162 e. The van der Waals surface area contributed by atoms with Crippen molar-refractivity contribution in [1.29, 1.82) is 0 Å². The summed E-state index contributed by atoms with van der Waals surface area (Å²) in [7, 11) is 1.52. The first-order chi connectivity index (χ1) is 7.50. The molecule has 0 aliphatic rings. The highest BCUT2D eigenvalue weighted by molar-refractivity contribution is 5.45. The summed E-state index contributed by atoms with van der Waals surface area (Å²) in [6.45, 7) is 4.31. The Morgan fingerprint density at radius 1 is 1.38 bits per heavy atom. The number of nitrogens with one attached hydrogen (secondary N) is 1. The molecule has 4 nitrogen and oxygen atoms in total. The van der Waals surface area contributed by atoms with Crippen molar-refractivity contribution in [3.05, 3.63) is 23.8 Å². The van der Waals surface area contributed by atoms with Crippen LogP contribution in [0.1, 0.15) is 19.4 Å². The summed E-state index contributed by atoms with van der Waals surface area (Å²) in [6, 6.07) is 5.34. The van der Waals surface area contributed by atoms with Crippen LogP contribution in [0.5, 0.6) is 11.5 Å². The van der Waals surface area contributed by atoms with Gasteiger partial charge in [0.1, 0.15) is 0 Å². The lowest BCUT2D eigenvalue weighted by molar-refractivity contribution is 0.187. The molecule has 0 aliphatic carbocycles. The van der Waals surface area contributed by atoms with E-state index >= 15 is 0 Å². The van der Waals surface area contributed by atoms with E-state index in [1.54, 1.807) is 6.07 Å². The Kier molecular flexibility index (Phi) is 4.15. The van der Waals surface area contributed by atoms with Crippen LogP contribution in [0.4, 0.5) is 0 Å². The fourth-order valence-electron chi connectivity index (χ4n) is 1.27. The second-order valence-corrected chi connectivity index (χ2v) is 4.36. The van der Waals surface area contributed by atoms with Crippen LogP contribution in [0.25, 0.3) is 0 Å². The Morgan fingerprint density at radius 2 is 2.06 bits per heavy atom. The zero-order chi connectivity index (χ0) is 12.2. The maximum atomic E-state index is 9.83. The van der Waals surface area contributed by atoms with Gasteiger partial charge in [-0.1, -0.05) is 12.1 Å². The van der Waals surface area contributed by atoms with E-state index in [1.165, 1.54) is 7.11 Å². The topological polar surface area (TPSA) is 61.7 Å². The number of hydrogen-bond donors (Lipinski definition) is 3. The first-order valence-corrected chi connectivity index (χ1v) is 5.21. The van der Waals surface area contributed by atoms with E-state index in [0.717, 1.165) is 5.56 Å². The van der Waals surface area contributed by atoms with E-state index in [9.17, 15) is 5.11 Å². The average molecular weight is 225 g/mol. The number of benzene rings is 1. The summed E-state index contributed by atoms with van der Waals surface area (Å²) in [5.41, 5.74) is 0.385. The van der Waals surface area contributed by atoms with Crippen molar-refractivity contribution in [3.63, 3.8) is 0 Å². The first-order valence-electron chi connectivity index (χ1n) is 5.21. The number of phenols is 1. The minimum atomic E-state index is -0.366. The second-order valence-electron chi connectivity index (χ2n) is 4.36. The molecule has 1 rings (SSSR count). The number of rotatable bonds is 5. The Bertz CT molecular complexity index is 350. The van der Waals surface area contributed by atoms with Gasteiger partial charge in [-0.15, -0.1) is 0 Å². The molecule has 0 unspecified atom stereocenters. The lowest BCUT2D eigenvalue weighted by Gasteiger charge is -2.24. The van der Waals surface area contributed by atoms with Crippen LogP contribution in [0.3, 0.4) is 0 Å². The number of aliphatic hydroxyl groups excluding tert-OH is 1. The zero-order valence-electron chi connectivity index (χ0n) is 9.95. The Labute approximate surface area is 95.9 Å². The Balaban J connectivity index is 2.75. The van der Waals surface area contributed by atoms with Gasteiger partial charge in [0.2, 0.25) is 0 Å². The molecule has 0 fully saturated rings. The molecule has 0 atom stereocenters. The predicted octanol–water partition coefficient (Wildman–Crippen LogP) is 1.26. The molecule has 0 radical (unpaired) electrons. The third kappa shape index (κ3) is 3.12. The largest absolute Gasteiger partial charge is 0.504 e. The lowest BCUT2D eigenvalue weighted by Crippen LogP contribution is -2.42. The van der Waals surface area contributed by atoms with Gasteiger partial charge in [-0.25, -0.2) is 0 Å². The number of methoxy groups -OCH3 is 1. The fraction of sp³-hybridized carbons (Fsp3) is 0.500. The van der Waals surface area contributed by atoms with E-state index in [4.69, 9.17) is 9.84 Å². The summed E-state index contributed by atoms with van der Waals surface area (Å²) in [5.74, 6) is 0.604. The number of aliphatic hydroxyl groups is 1. The highest BCUT2D eigenvalue weighted by Crippen LogP contribution is 2.29. The van der Waals surface area contributed by atoms with E-state index in [2.05, 4.69) is 5.32 Å². The normalized spacial score (nSPS) is 11.5. The molecule has 0 aromatic heterocycles. The Hall–Kier alpha value is -1.26. The Morgan fingerprint density at radius 3 is 2.62 bits per heavy atom. The third-order valence-corrected chi connectivity index (χ3v) is 2.46. The molecule has 0 saturated carbocycles. The smallest absolute Gasteiger partial charge is 0.162 e.